The number of amides is 1. The third-order valence-corrected chi connectivity index (χ3v) is 0.858. The fourth-order valence-electron chi connectivity index (χ4n) is 0.462. The van der Waals surface area contributed by atoms with Crippen molar-refractivity contribution in [1.82, 2.24) is 0 Å². The maximum absolute atomic E-state index is 10.4. The van der Waals surface area contributed by atoms with Crippen molar-refractivity contribution in [2.75, 3.05) is 0 Å². The molecule has 52 valence electrons. The molecule has 4 heteroatoms. The van der Waals surface area contributed by atoms with E-state index in [4.69, 9.17) is 10.5 Å². The van der Waals surface area contributed by atoms with E-state index in [9.17, 15) is 4.79 Å². The SMILES string of the molecule is NC(=O)C1=NC=CC=CO1. The molecule has 1 aliphatic heterocycles. The van der Waals surface area contributed by atoms with Crippen LogP contribution in [0.15, 0.2) is 29.6 Å². The number of aliphatic imine (C=N–C) groups is 1. The fourth-order valence-corrected chi connectivity index (χ4v) is 0.462. The summed E-state index contributed by atoms with van der Waals surface area (Å²) in [6.45, 7) is 0. The smallest absolute Gasteiger partial charge is 0.304 e. The number of allylic oxidation sites excluding steroid dienone is 2. The fraction of sp³-hybridized carbons (Fsp3) is 0. The first-order valence-electron chi connectivity index (χ1n) is 2.66. The molecule has 0 saturated heterocycles. The Hall–Kier alpha value is -1.58. The van der Waals surface area contributed by atoms with Gasteiger partial charge in [0.15, 0.2) is 0 Å². The first-order chi connectivity index (χ1) is 4.80. The lowest BCUT2D eigenvalue weighted by atomic mass is 10.6. The van der Waals surface area contributed by atoms with Crippen LogP contribution in [-0.4, -0.2) is 11.8 Å². The van der Waals surface area contributed by atoms with Gasteiger partial charge >= 0.3 is 5.91 Å². The average Bonchev–Trinajstić information content (AvgIpc) is 2.12. The predicted octanol–water partition coefficient (Wildman–Crippen LogP) is -0.0722. The van der Waals surface area contributed by atoms with Gasteiger partial charge in [0.05, 0.1) is 6.26 Å². The molecule has 10 heavy (non-hydrogen) atoms. The van der Waals surface area contributed by atoms with Gasteiger partial charge in [0.1, 0.15) is 0 Å². The molecule has 0 unspecified atom stereocenters. The Morgan fingerprint density at radius 3 is 3.10 bits per heavy atom. The van der Waals surface area contributed by atoms with Crippen LogP contribution in [-0.2, 0) is 9.53 Å². The van der Waals surface area contributed by atoms with E-state index >= 15 is 0 Å². The molecule has 1 amide bonds. The van der Waals surface area contributed by atoms with E-state index < -0.39 is 5.91 Å². The molecule has 0 aromatic rings. The maximum Gasteiger partial charge on any atom is 0.304 e. The molecule has 0 spiro atoms. The lowest BCUT2D eigenvalue weighted by Crippen LogP contribution is -2.23. The number of carbonyl (C=O) groups excluding carboxylic acids is 1. The van der Waals surface area contributed by atoms with Gasteiger partial charge in [-0.05, 0) is 12.2 Å². The molecule has 0 radical (unpaired) electrons. The van der Waals surface area contributed by atoms with Crippen LogP contribution in [0.3, 0.4) is 0 Å². The number of hydrogen-bond acceptors (Lipinski definition) is 3. The van der Waals surface area contributed by atoms with Crippen LogP contribution >= 0.6 is 0 Å². The summed E-state index contributed by atoms with van der Waals surface area (Å²) in [6, 6.07) is 0. The minimum absolute atomic E-state index is 0.0926. The van der Waals surface area contributed by atoms with Crippen molar-refractivity contribution in [2.24, 2.45) is 10.7 Å². The largest absolute Gasteiger partial charge is 0.443 e. The summed E-state index contributed by atoms with van der Waals surface area (Å²) in [5.74, 6) is -0.763. The summed E-state index contributed by atoms with van der Waals surface area (Å²) in [7, 11) is 0. The molecule has 1 heterocycles. The lowest BCUT2D eigenvalue weighted by molar-refractivity contribution is -0.113. The first-order valence-corrected chi connectivity index (χ1v) is 2.66. The number of ether oxygens (including phenoxy) is 1. The third kappa shape index (κ3) is 1.45. The summed E-state index contributed by atoms with van der Waals surface area (Å²) >= 11 is 0. The van der Waals surface area contributed by atoms with Crippen LogP contribution in [0.25, 0.3) is 0 Å². The molecule has 0 atom stereocenters. The van der Waals surface area contributed by atoms with Gasteiger partial charge in [0.2, 0.25) is 0 Å². The standard InChI is InChI=1S/C6H6N2O2/c7-5(9)6-8-3-1-2-4-10-6/h1-4H,(H2,7,9). The highest BCUT2D eigenvalue weighted by atomic mass is 16.5. The molecule has 0 aromatic heterocycles. The number of rotatable bonds is 1. The van der Waals surface area contributed by atoms with Gasteiger partial charge in [0.25, 0.3) is 5.90 Å². The van der Waals surface area contributed by atoms with Crippen LogP contribution in [0.2, 0.25) is 0 Å². The highest BCUT2D eigenvalue weighted by molar-refractivity contribution is 6.34. The monoisotopic (exact) mass is 138 g/mol. The van der Waals surface area contributed by atoms with Crippen LogP contribution < -0.4 is 5.73 Å². The predicted molar refractivity (Wildman–Crippen MR) is 36.0 cm³/mol. The molecule has 0 bridgehead atoms. The van der Waals surface area contributed by atoms with E-state index in [-0.39, 0.29) is 5.90 Å². The second kappa shape index (κ2) is 2.82. The van der Waals surface area contributed by atoms with Crippen LogP contribution in [0.5, 0.6) is 0 Å². The van der Waals surface area contributed by atoms with Gasteiger partial charge in [-0.3, -0.25) is 4.79 Å². The first kappa shape index (κ1) is 6.54. The number of primary amides is 1. The molecule has 4 nitrogen and oxygen atoms in total. The Labute approximate surface area is 57.7 Å². The van der Waals surface area contributed by atoms with Crippen molar-refractivity contribution in [3.63, 3.8) is 0 Å². The highest BCUT2D eigenvalue weighted by Crippen LogP contribution is 1.91. The normalized spacial score (nSPS) is 15.4. The molecular weight excluding hydrogens is 132 g/mol. The van der Waals surface area contributed by atoms with Crippen molar-refractivity contribution >= 4 is 11.8 Å². The van der Waals surface area contributed by atoms with Crippen molar-refractivity contribution < 1.29 is 9.53 Å². The summed E-state index contributed by atoms with van der Waals surface area (Å²) in [4.78, 5) is 14.0. The number of nitrogens with two attached hydrogens (primary N) is 1. The Bertz CT molecular complexity index is 228. The van der Waals surface area contributed by atoms with Gasteiger partial charge in [-0.15, -0.1) is 0 Å². The van der Waals surface area contributed by atoms with Gasteiger partial charge in [-0.2, -0.15) is 0 Å². The van der Waals surface area contributed by atoms with E-state index in [1.807, 2.05) is 0 Å². The van der Waals surface area contributed by atoms with Gasteiger partial charge in [0, 0.05) is 6.20 Å². The Kier molecular flexibility index (Phi) is 1.84. The molecule has 2 N–H and O–H groups in total. The number of hydrogen-bond donors (Lipinski definition) is 1. The quantitative estimate of drug-likeness (QED) is 0.551. The molecule has 0 aliphatic carbocycles. The zero-order valence-electron chi connectivity index (χ0n) is 5.15. The van der Waals surface area contributed by atoms with Crippen molar-refractivity contribution in [2.45, 2.75) is 0 Å². The van der Waals surface area contributed by atoms with E-state index in [1.165, 1.54) is 12.5 Å². The Balaban J connectivity index is 2.78. The van der Waals surface area contributed by atoms with Crippen LogP contribution in [0.1, 0.15) is 0 Å². The molecule has 0 fully saturated rings. The van der Waals surface area contributed by atoms with Crippen molar-refractivity contribution in [3.8, 4) is 0 Å². The highest BCUT2D eigenvalue weighted by Gasteiger charge is 2.05. The third-order valence-electron chi connectivity index (χ3n) is 0.858. The van der Waals surface area contributed by atoms with E-state index in [1.54, 1.807) is 12.2 Å². The summed E-state index contributed by atoms with van der Waals surface area (Å²) in [5.41, 5.74) is 4.87. The number of carbonyl (C=O) groups is 1. The molecule has 0 saturated carbocycles. The molecule has 0 aromatic carbocycles. The minimum atomic E-state index is -0.670. The molecular formula is C6H6N2O2. The summed E-state index contributed by atoms with van der Waals surface area (Å²) in [5, 5.41) is 0. The van der Waals surface area contributed by atoms with E-state index in [2.05, 4.69) is 4.99 Å². The molecule has 1 rings (SSSR count). The lowest BCUT2D eigenvalue weighted by Gasteiger charge is -1.94. The topological polar surface area (TPSA) is 64.7 Å². The van der Waals surface area contributed by atoms with Crippen molar-refractivity contribution in [3.05, 3.63) is 24.6 Å². The Morgan fingerprint density at radius 1 is 1.60 bits per heavy atom. The molecule has 1 aliphatic rings. The van der Waals surface area contributed by atoms with Crippen LogP contribution in [0, 0.1) is 0 Å². The van der Waals surface area contributed by atoms with E-state index in [0.29, 0.717) is 0 Å². The van der Waals surface area contributed by atoms with E-state index in [0.717, 1.165) is 0 Å². The van der Waals surface area contributed by atoms with Gasteiger partial charge < -0.3 is 10.5 Å². The van der Waals surface area contributed by atoms with Gasteiger partial charge in [-0.25, -0.2) is 4.99 Å². The van der Waals surface area contributed by atoms with Gasteiger partial charge in [-0.1, -0.05) is 0 Å². The summed E-state index contributed by atoms with van der Waals surface area (Å²) in [6.07, 6.45) is 6.02. The van der Waals surface area contributed by atoms with Crippen molar-refractivity contribution in [1.29, 1.82) is 0 Å². The zero-order valence-corrected chi connectivity index (χ0v) is 5.15. The second-order valence-electron chi connectivity index (χ2n) is 1.59. The Morgan fingerprint density at radius 2 is 2.40 bits per heavy atom. The second-order valence-corrected chi connectivity index (χ2v) is 1.59. The minimum Gasteiger partial charge on any atom is -0.443 e. The average molecular weight is 138 g/mol. The zero-order chi connectivity index (χ0) is 7.40. The summed E-state index contributed by atoms with van der Waals surface area (Å²) < 4.78 is 4.70. The number of nitrogens with zero attached hydrogens (tertiary/aromatic N) is 1. The van der Waals surface area contributed by atoms with Crippen LogP contribution in [0.4, 0.5) is 0 Å². The maximum atomic E-state index is 10.4.